The van der Waals surface area contributed by atoms with E-state index in [4.69, 9.17) is 0 Å². The molecule has 0 fully saturated rings. The standard InChI is InChI=1S/C17H17N3O/c1-12-19-15-9-5-8-14(16(15)20-12)17(21)18-11-10-13-6-3-2-4-7-13/h2-9H,10-11H2,1H3,(H,18,21)(H,19,20). The molecule has 3 aromatic rings. The van der Waals surface area contributed by atoms with Crippen LogP contribution in [0.4, 0.5) is 0 Å². The Hall–Kier alpha value is -2.62. The van der Waals surface area contributed by atoms with E-state index >= 15 is 0 Å². The number of hydrogen-bond acceptors (Lipinski definition) is 2. The molecule has 0 unspecified atom stereocenters. The number of carbonyl (C=O) groups is 1. The van der Waals surface area contributed by atoms with Gasteiger partial charge in [0.2, 0.25) is 0 Å². The fourth-order valence-electron chi connectivity index (χ4n) is 2.40. The highest BCUT2D eigenvalue weighted by molar-refractivity contribution is 6.04. The molecule has 0 atom stereocenters. The lowest BCUT2D eigenvalue weighted by Gasteiger charge is -2.06. The number of nitrogens with one attached hydrogen (secondary N) is 2. The summed E-state index contributed by atoms with van der Waals surface area (Å²) in [4.78, 5) is 19.8. The van der Waals surface area contributed by atoms with Crippen molar-refractivity contribution in [3.8, 4) is 0 Å². The molecule has 1 amide bonds. The Balaban J connectivity index is 1.70. The van der Waals surface area contributed by atoms with Crippen LogP contribution < -0.4 is 5.32 Å². The van der Waals surface area contributed by atoms with Gasteiger partial charge in [-0.25, -0.2) is 4.98 Å². The van der Waals surface area contributed by atoms with Crippen LogP contribution in [0.25, 0.3) is 11.0 Å². The number of para-hydroxylation sites is 1. The Bertz CT molecular complexity index is 762. The maximum absolute atomic E-state index is 12.3. The van der Waals surface area contributed by atoms with E-state index in [1.54, 1.807) is 6.07 Å². The Labute approximate surface area is 123 Å². The maximum atomic E-state index is 12.3. The van der Waals surface area contributed by atoms with Crippen molar-refractivity contribution in [2.45, 2.75) is 13.3 Å². The molecular formula is C17H17N3O. The van der Waals surface area contributed by atoms with Crippen molar-refractivity contribution in [3.63, 3.8) is 0 Å². The molecular weight excluding hydrogens is 262 g/mol. The summed E-state index contributed by atoms with van der Waals surface area (Å²) < 4.78 is 0. The molecule has 0 saturated carbocycles. The second-order valence-corrected chi connectivity index (χ2v) is 5.02. The van der Waals surface area contributed by atoms with Crippen molar-refractivity contribution in [1.29, 1.82) is 0 Å². The van der Waals surface area contributed by atoms with E-state index in [0.29, 0.717) is 12.1 Å². The van der Waals surface area contributed by atoms with Gasteiger partial charge in [0.1, 0.15) is 11.3 Å². The molecule has 2 aromatic carbocycles. The number of H-pyrrole nitrogens is 1. The van der Waals surface area contributed by atoms with Gasteiger partial charge in [-0.15, -0.1) is 0 Å². The number of imidazole rings is 1. The average molecular weight is 279 g/mol. The summed E-state index contributed by atoms with van der Waals surface area (Å²) >= 11 is 0. The lowest BCUT2D eigenvalue weighted by atomic mass is 10.1. The van der Waals surface area contributed by atoms with E-state index in [2.05, 4.69) is 27.4 Å². The number of hydrogen-bond donors (Lipinski definition) is 2. The molecule has 0 bridgehead atoms. The van der Waals surface area contributed by atoms with E-state index in [0.717, 1.165) is 23.3 Å². The number of aromatic amines is 1. The molecule has 4 nitrogen and oxygen atoms in total. The summed E-state index contributed by atoms with van der Waals surface area (Å²) in [5, 5.41) is 2.96. The summed E-state index contributed by atoms with van der Waals surface area (Å²) in [5.74, 6) is 0.734. The minimum absolute atomic E-state index is 0.0805. The normalized spacial score (nSPS) is 10.7. The molecule has 0 saturated heterocycles. The molecule has 0 aliphatic rings. The summed E-state index contributed by atoms with van der Waals surface area (Å²) in [5.41, 5.74) is 3.45. The maximum Gasteiger partial charge on any atom is 0.253 e. The van der Waals surface area contributed by atoms with Crippen LogP contribution in [0.2, 0.25) is 0 Å². The minimum atomic E-state index is -0.0805. The van der Waals surface area contributed by atoms with Crippen molar-refractivity contribution >= 4 is 16.9 Å². The summed E-state index contributed by atoms with van der Waals surface area (Å²) in [7, 11) is 0. The fourth-order valence-corrected chi connectivity index (χ4v) is 2.40. The van der Waals surface area contributed by atoms with Crippen molar-refractivity contribution in [1.82, 2.24) is 15.3 Å². The number of aromatic nitrogens is 2. The third-order valence-electron chi connectivity index (χ3n) is 3.42. The number of amides is 1. The Morgan fingerprint density at radius 3 is 2.76 bits per heavy atom. The molecule has 0 spiro atoms. The molecule has 0 aliphatic carbocycles. The van der Waals surface area contributed by atoms with Crippen LogP contribution in [-0.4, -0.2) is 22.4 Å². The van der Waals surface area contributed by atoms with Gasteiger partial charge in [-0.3, -0.25) is 4.79 Å². The van der Waals surface area contributed by atoms with Crippen molar-refractivity contribution in [2.24, 2.45) is 0 Å². The van der Waals surface area contributed by atoms with Gasteiger partial charge in [0.15, 0.2) is 0 Å². The number of rotatable bonds is 4. The second kappa shape index (κ2) is 5.79. The van der Waals surface area contributed by atoms with E-state index < -0.39 is 0 Å². The smallest absolute Gasteiger partial charge is 0.253 e. The minimum Gasteiger partial charge on any atom is -0.352 e. The van der Waals surface area contributed by atoms with Crippen LogP contribution in [0, 0.1) is 6.92 Å². The van der Waals surface area contributed by atoms with E-state index in [1.165, 1.54) is 5.56 Å². The average Bonchev–Trinajstić information content (AvgIpc) is 2.88. The molecule has 2 N–H and O–H groups in total. The highest BCUT2D eigenvalue weighted by atomic mass is 16.1. The Morgan fingerprint density at radius 2 is 1.95 bits per heavy atom. The quantitative estimate of drug-likeness (QED) is 0.771. The third kappa shape index (κ3) is 2.94. The van der Waals surface area contributed by atoms with Gasteiger partial charge in [-0.2, -0.15) is 0 Å². The van der Waals surface area contributed by atoms with Gasteiger partial charge in [0, 0.05) is 6.54 Å². The zero-order chi connectivity index (χ0) is 14.7. The first-order valence-electron chi connectivity index (χ1n) is 7.01. The first-order chi connectivity index (χ1) is 10.2. The topological polar surface area (TPSA) is 57.8 Å². The molecule has 1 heterocycles. The molecule has 4 heteroatoms. The molecule has 3 rings (SSSR count). The van der Waals surface area contributed by atoms with Gasteiger partial charge < -0.3 is 10.3 Å². The molecule has 106 valence electrons. The molecule has 0 radical (unpaired) electrons. The number of carbonyl (C=O) groups excluding carboxylic acids is 1. The zero-order valence-corrected chi connectivity index (χ0v) is 11.9. The van der Waals surface area contributed by atoms with Crippen LogP contribution in [-0.2, 0) is 6.42 Å². The first-order valence-corrected chi connectivity index (χ1v) is 7.01. The zero-order valence-electron chi connectivity index (χ0n) is 11.9. The van der Waals surface area contributed by atoms with Crippen molar-refractivity contribution in [2.75, 3.05) is 6.54 Å². The molecule has 0 aliphatic heterocycles. The van der Waals surface area contributed by atoms with Gasteiger partial charge in [-0.05, 0) is 31.0 Å². The van der Waals surface area contributed by atoms with Crippen LogP contribution in [0.3, 0.4) is 0 Å². The Morgan fingerprint density at radius 1 is 1.14 bits per heavy atom. The van der Waals surface area contributed by atoms with Crippen molar-refractivity contribution < 1.29 is 4.79 Å². The predicted octanol–water partition coefficient (Wildman–Crippen LogP) is 2.84. The van der Waals surface area contributed by atoms with Gasteiger partial charge >= 0.3 is 0 Å². The first kappa shape index (κ1) is 13.4. The lowest BCUT2D eigenvalue weighted by Crippen LogP contribution is -2.25. The third-order valence-corrected chi connectivity index (χ3v) is 3.42. The van der Waals surface area contributed by atoms with E-state index in [1.807, 2.05) is 37.3 Å². The summed E-state index contributed by atoms with van der Waals surface area (Å²) in [6.45, 7) is 2.50. The van der Waals surface area contributed by atoms with Gasteiger partial charge in [0.25, 0.3) is 5.91 Å². The number of nitrogens with zero attached hydrogens (tertiary/aromatic N) is 1. The number of fused-ring (bicyclic) bond motifs is 1. The largest absolute Gasteiger partial charge is 0.352 e. The van der Waals surface area contributed by atoms with E-state index in [-0.39, 0.29) is 5.91 Å². The summed E-state index contributed by atoms with van der Waals surface area (Å²) in [6.07, 6.45) is 0.822. The summed E-state index contributed by atoms with van der Waals surface area (Å²) in [6, 6.07) is 15.7. The fraction of sp³-hybridized carbons (Fsp3) is 0.176. The molecule has 1 aromatic heterocycles. The predicted molar refractivity (Wildman–Crippen MR) is 83.3 cm³/mol. The lowest BCUT2D eigenvalue weighted by molar-refractivity contribution is 0.0955. The highest BCUT2D eigenvalue weighted by Gasteiger charge is 2.12. The number of benzene rings is 2. The van der Waals surface area contributed by atoms with Crippen LogP contribution in [0.15, 0.2) is 48.5 Å². The van der Waals surface area contributed by atoms with Crippen LogP contribution >= 0.6 is 0 Å². The molecule has 21 heavy (non-hydrogen) atoms. The van der Waals surface area contributed by atoms with Crippen LogP contribution in [0.5, 0.6) is 0 Å². The second-order valence-electron chi connectivity index (χ2n) is 5.02. The van der Waals surface area contributed by atoms with Crippen LogP contribution in [0.1, 0.15) is 21.7 Å². The van der Waals surface area contributed by atoms with Gasteiger partial charge in [-0.1, -0.05) is 36.4 Å². The number of aryl methyl sites for hydroxylation is 1. The van der Waals surface area contributed by atoms with E-state index in [9.17, 15) is 4.79 Å². The van der Waals surface area contributed by atoms with Gasteiger partial charge in [0.05, 0.1) is 11.1 Å². The SMILES string of the molecule is Cc1nc2c(C(=O)NCCc3ccccc3)cccc2[nH]1. The highest BCUT2D eigenvalue weighted by Crippen LogP contribution is 2.16. The Kier molecular flexibility index (Phi) is 3.69. The van der Waals surface area contributed by atoms with Crippen molar-refractivity contribution in [3.05, 3.63) is 65.5 Å². The monoisotopic (exact) mass is 279 g/mol.